The zero-order valence-electron chi connectivity index (χ0n) is 13.4. The third-order valence-electron chi connectivity index (χ3n) is 3.20. The van der Waals surface area contributed by atoms with Crippen LogP contribution >= 0.6 is 11.3 Å². The first kappa shape index (κ1) is 17.7. The van der Waals surface area contributed by atoms with Crippen LogP contribution in [0.25, 0.3) is 6.08 Å². The molecule has 0 aliphatic rings. The Morgan fingerprint density at radius 1 is 1.21 bits per heavy atom. The monoisotopic (exact) mass is 345 g/mol. The quantitative estimate of drug-likeness (QED) is 0.590. The second-order valence-corrected chi connectivity index (χ2v) is 5.73. The smallest absolute Gasteiger partial charge is 0.331 e. The molecule has 0 aliphatic carbocycles. The molecule has 6 heteroatoms. The van der Waals surface area contributed by atoms with E-state index in [1.807, 2.05) is 41.1 Å². The highest BCUT2D eigenvalue weighted by Gasteiger charge is 2.04. The number of amides is 1. The summed E-state index contributed by atoms with van der Waals surface area (Å²) in [6.07, 6.45) is 3.66. The van der Waals surface area contributed by atoms with Gasteiger partial charge in [0.2, 0.25) is 0 Å². The molecular weight excluding hydrogens is 326 g/mol. The third kappa shape index (κ3) is 6.26. The number of hydrogen-bond acceptors (Lipinski definition) is 5. The first-order valence-electron chi connectivity index (χ1n) is 7.44. The molecule has 0 spiro atoms. The van der Waals surface area contributed by atoms with Crippen molar-refractivity contribution < 1.29 is 19.1 Å². The molecule has 1 amide bonds. The molecule has 5 nitrogen and oxygen atoms in total. The Morgan fingerprint density at radius 3 is 2.67 bits per heavy atom. The zero-order chi connectivity index (χ0) is 17.2. The van der Waals surface area contributed by atoms with Gasteiger partial charge in [-0.15, -0.1) is 0 Å². The van der Waals surface area contributed by atoms with E-state index in [2.05, 4.69) is 5.32 Å². The molecule has 1 N–H and O–H groups in total. The van der Waals surface area contributed by atoms with E-state index in [9.17, 15) is 9.59 Å². The second kappa shape index (κ2) is 9.52. The van der Waals surface area contributed by atoms with Crippen molar-refractivity contribution in [1.29, 1.82) is 0 Å². The molecule has 0 radical (unpaired) electrons. The van der Waals surface area contributed by atoms with Crippen LogP contribution in [0, 0.1) is 0 Å². The summed E-state index contributed by atoms with van der Waals surface area (Å²) in [5, 5.41) is 6.55. The van der Waals surface area contributed by atoms with Gasteiger partial charge in [0.1, 0.15) is 5.75 Å². The maximum atomic E-state index is 11.6. The summed E-state index contributed by atoms with van der Waals surface area (Å²) >= 11 is 1.54. The van der Waals surface area contributed by atoms with E-state index >= 15 is 0 Å². The van der Waals surface area contributed by atoms with Crippen molar-refractivity contribution in [3.05, 3.63) is 58.3 Å². The van der Waals surface area contributed by atoms with Crippen molar-refractivity contribution in [3.8, 4) is 5.75 Å². The first-order chi connectivity index (χ1) is 11.7. The summed E-state index contributed by atoms with van der Waals surface area (Å²) in [5.74, 6) is -0.0579. The summed E-state index contributed by atoms with van der Waals surface area (Å²) in [6.45, 7) is 0.197. The molecule has 2 rings (SSSR count). The zero-order valence-corrected chi connectivity index (χ0v) is 14.2. The molecule has 0 saturated carbocycles. The highest BCUT2D eigenvalue weighted by molar-refractivity contribution is 7.08. The number of thiophene rings is 1. The topological polar surface area (TPSA) is 64.6 Å². The van der Waals surface area contributed by atoms with Crippen LogP contribution in [0.5, 0.6) is 5.75 Å². The molecule has 1 heterocycles. The predicted octanol–water partition coefficient (Wildman–Crippen LogP) is 2.67. The van der Waals surface area contributed by atoms with Crippen molar-refractivity contribution in [2.24, 2.45) is 0 Å². The molecule has 1 aromatic heterocycles. The Kier molecular flexibility index (Phi) is 7.04. The highest BCUT2D eigenvalue weighted by atomic mass is 32.1. The lowest BCUT2D eigenvalue weighted by Crippen LogP contribution is -2.30. The number of esters is 1. The van der Waals surface area contributed by atoms with Gasteiger partial charge in [0.05, 0.1) is 7.11 Å². The molecule has 0 unspecified atom stereocenters. The highest BCUT2D eigenvalue weighted by Crippen LogP contribution is 2.11. The van der Waals surface area contributed by atoms with Crippen molar-refractivity contribution >= 4 is 29.3 Å². The van der Waals surface area contributed by atoms with E-state index in [4.69, 9.17) is 9.47 Å². The van der Waals surface area contributed by atoms with Gasteiger partial charge in [-0.05, 0) is 52.6 Å². The molecule has 2 aromatic rings. The molecular formula is C18H19NO4S. The van der Waals surface area contributed by atoms with Crippen LogP contribution in [0.15, 0.2) is 47.2 Å². The molecule has 0 atom stereocenters. The lowest BCUT2D eigenvalue weighted by Gasteiger charge is -2.06. The molecule has 0 fully saturated rings. The van der Waals surface area contributed by atoms with E-state index in [1.165, 1.54) is 6.08 Å². The predicted molar refractivity (Wildman–Crippen MR) is 94.0 cm³/mol. The minimum absolute atomic E-state index is 0.282. The van der Waals surface area contributed by atoms with E-state index < -0.39 is 5.97 Å². The standard InChI is InChI=1S/C18H19NO4S/c1-22-16-5-2-14(3-6-16)8-10-19-17(20)12-23-18(21)7-4-15-9-11-24-13-15/h2-7,9,11,13H,8,10,12H2,1H3,(H,19,20)/b7-4+. The Hall–Kier alpha value is -2.60. The Morgan fingerprint density at radius 2 is 2.00 bits per heavy atom. The maximum absolute atomic E-state index is 11.6. The van der Waals surface area contributed by atoms with Crippen molar-refractivity contribution in [2.45, 2.75) is 6.42 Å². The Balaban J connectivity index is 1.63. The van der Waals surface area contributed by atoms with Crippen LogP contribution in [-0.4, -0.2) is 32.1 Å². The number of nitrogens with one attached hydrogen (secondary N) is 1. The fourth-order valence-corrected chi connectivity index (χ4v) is 2.54. The molecule has 0 aliphatic heterocycles. The lowest BCUT2D eigenvalue weighted by atomic mass is 10.1. The van der Waals surface area contributed by atoms with E-state index in [0.29, 0.717) is 13.0 Å². The number of hydrogen-bond donors (Lipinski definition) is 1. The van der Waals surface area contributed by atoms with Crippen molar-refractivity contribution in [1.82, 2.24) is 5.32 Å². The van der Waals surface area contributed by atoms with Gasteiger partial charge in [0.15, 0.2) is 6.61 Å². The number of ether oxygens (including phenoxy) is 2. The second-order valence-electron chi connectivity index (χ2n) is 4.95. The van der Waals surface area contributed by atoms with Gasteiger partial charge in [-0.3, -0.25) is 4.79 Å². The van der Waals surface area contributed by atoms with Crippen LogP contribution in [0.2, 0.25) is 0 Å². The van der Waals surface area contributed by atoms with Crippen LogP contribution in [0.1, 0.15) is 11.1 Å². The van der Waals surface area contributed by atoms with E-state index in [0.717, 1.165) is 16.9 Å². The van der Waals surface area contributed by atoms with Gasteiger partial charge in [0, 0.05) is 12.6 Å². The summed E-state index contributed by atoms with van der Waals surface area (Å²) in [7, 11) is 1.62. The minimum atomic E-state index is -0.536. The van der Waals surface area contributed by atoms with Gasteiger partial charge >= 0.3 is 5.97 Å². The van der Waals surface area contributed by atoms with Crippen LogP contribution in [-0.2, 0) is 20.7 Å². The lowest BCUT2D eigenvalue weighted by molar-refractivity contribution is -0.143. The number of benzene rings is 1. The minimum Gasteiger partial charge on any atom is -0.497 e. The number of carbonyl (C=O) groups excluding carboxylic acids is 2. The van der Waals surface area contributed by atoms with Gasteiger partial charge in [-0.25, -0.2) is 4.79 Å². The largest absolute Gasteiger partial charge is 0.497 e. The summed E-state index contributed by atoms with van der Waals surface area (Å²) < 4.78 is 9.97. The van der Waals surface area contributed by atoms with Crippen molar-refractivity contribution in [3.63, 3.8) is 0 Å². The Bertz CT molecular complexity index is 678. The van der Waals surface area contributed by atoms with Crippen LogP contribution in [0.4, 0.5) is 0 Å². The first-order valence-corrected chi connectivity index (χ1v) is 8.38. The van der Waals surface area contributed by atoms with E-state index in [1.54, 1.807) is 24.5 Å². The summed E-state index contributed by atoms with van der Waals surface area (Å²) in [5.41, 5.74) is 2.02. The molecule has 1 aromatic carbocycles. The number of methoxy groups -OCH3 is 1. The fourth-order valence-electron chi connectivity index (χ4n) is 1.91. The molecule has 0 bridgehead atoms. The summed E-state index contributed by atoms with van der Waals surface area (Å²) in [6, 6.07) is 9.53. The number of carbonyl (C=O) groups is 2. The fraction of sp³-hybridized carbons (Fsp3) is 0.222. The molecule has 0 saturated heterocycles. The molecule has 126 valence electrons. The van der Waals surface area contributed by atoms with E-state index in [-0.39, 0.29) is 12.5 Å². The van der Waals surface area contributed by atoms with Gasteiger partial charge in [-0.1, -0.05) is 12.1 Å². The Labute approximate surface area is 144 Å². The van der Waals surface area contributed by atoms with Gasteiger partial charge in [0.25, 0.3) is 5.91 Å². The van der Waals surface area contributed by atoms with Crippen LogP contribution < -0.4 is 10.1 Å². The SMILES string of the molecule is COc1ccc(CCNC(=O)COC(=O)/C=C/c2ccsc2)cc1. The van der Waals surface area contributed by atoms with Gasteiger partial charge in [-0.2, -0.15) is 11.3 Å². The third-order valence-corrected chi connectivity index (χ3v) is 3.90. The maximum Gasteiger partial charge on any atom is 0.331 e. The molecule has 24 heavy (non-hydrogen) atoms. The van der Waals surface area contributed by atoms with Crippen molar-refractivity contribution in [2.75, 3.05) is 20.3 Å². The number of rotatable bonds is 8. The normalized spacial score (nSPS) is 10.5. The average molecular weight is 345 g/mol. The van der Waals surface area contributed by atoms with Crippen LogP contribution in [0.3, 0.4) is 0 Å². The summed E-state index contributed by atoms with van der Waals surface area (Å²) in [4.78, 5) is 23.1. The average Bonchev–Trinajstić information content (AvgIpc) is 3.12. The van der Waals surface area contributed by atoms with Gasteiger partial charge < -0.3 is 14.8 Å².